The molecule has 0 aliphatic heterocycles. The molecule has 59 valence electrons. The summed E-state index contributed by atoms with van der Waals surface area (Å²) in [5.74, 6) is 0. The van der Waals surface area contributed by atoms with Gasteiger partial charge in [0, 0.05) is 0 Å². The van der Waals surface area contributed by atoms with Crippen LogP contribution < -0.4 is 0 Å². The van der Waals surface area contributed by atoms with Crippen molar-refractivity contribution in [1.29, 1.82) is 0 Å². The molecule has 0 nitrogen and oxygen atoms in total. The average Bonchev–Trinajstić information content (AvgIpc) is 1.14. The van der Waals surface area contributed by atoms with Crippen LogP contribution in [0.3, 0.4) is 0 Å². The molecule has 0 rings (SSSR count). The van der Waals surface area contributed by atoms with Gasteiger partial charge in [-0.2, -0.15) is 0 Å². The molecule has 0 amide bonds. The zero-order chi connectivity index (χ0) is 7.71. The van der Waals surface area contributed by atoms with Gasteiger partial charge in [-0.1, -0.05) is 0 Å². The third-order valence-electron chi connectivity index (χ3n) is 0.940. The molecule has 0 saturated carbocycles. The fraction of sp³-hybridized carbons (Fsp3) is 1.00. The summed E-state index contributed by atoms with van der Waals surface area (Å²) in [5, 5.41) is 0. The normalized spacial score (nSPS) is 14.1. The van der Waals surface area contributed by atoms with Gasteiger partial charge in [0.2, 0.25) is 0 Å². The number of rotatable bonds is 1. The van der Waals surface area contributed by atoms with E-state index >= 15 is 0 Å². The van der Waals surface area contributed by atoms with Gasteiger partial charge in [0.25, 0.3) is 0 Å². The molecular formula is C8H17Ni. The first-order chi connectivity index (χ1) is 3.71. The fourth-order valence-corrected chi connectivity index (χ4v) is 1.75. The van der Waals surface area contributed by atoms with E-state index < -0.39 is 0 Å². The maximum absolute atomic E-state index is 4.94. The Labute approximate surface area is 66.8 Å². The van der Waals surface area contributed by atoms with Crippen molar-refractivity contribution >= 4 is 0 Å². The van der Waals surface area contributed by atoms with Gasteiger partial charge in [0.1, 0.15) is 0 Å². The van der Waals surface area contributed by atoms with Crippen LogP contribution in [-0.2, 0) is 15.5 Å². The van der Waals surface area contributed by atoms with Crippen LogP contribution in [0.2, 0.25) is 4.38 Å². The zero-order valence-electron chi connectivity index (χ0n) is 7.02. The third kappa shape index (κ3) is 8.49. The van der Waals surface area contributed by atoms with Crippen LogP contribution in [0.4, 0.5) is 0 Å². The Morgan fingerprint density at radius 1 is 1.00 bits per heavy atom. The minimum absolute atomic E-state index is 0.109. The van der Waals surface area contributed by atoms with Crippen molar-refractivity contribution in [3.8, 4) is 0 Å². The van der Waals surface area contributed by atoms with E-state index in [9.17, 15) is 0 Å². The zero-order valence-corrected chi connectivity index (χ0v) is 8.01. The molecule has 0 aromatic heterocycles. The molecule has 9 heavy (non-hydrogen) atoms. The second-order valence-corrected chi connectivity index (χ2v) is 5.71. The Kier molecular flexibility index (Phi) is 2.76. The summed E-state index contributed by atoms with van der Waals surface area (Å²) in [4.78, 5) is 0. The molecule has 0 aliphatic rings. The second-order valence-electron chi connectivity index (χ2n) is 4.37. The van der Waals surface area contributed by atoms with Crippen molar-refractivity contribution in [2.45, 2.75) is 45.4 Å². The van der Waals surface area contributed by atoms with Gasteiger partial charge in [0.05, 0.1) is 0 Å². The van der Waals surface area contributed by atoms with Crippen molar-refractivity contribution in [1.82, 2.24) is 0 Å². The van der Waals surface area contributed by atoms with Gasteiger partial charge in [-0.25, -0.2) is 0 Å². The Morgan fingerprint density at radius 3 is 1.33 bits per heavy atom. The van der Waals surface area contributed by atoms with Gasteiger partial charge in [-0.3, -0.25) is 0 Å². The van der Waals surface area contributed by atoms with E-state index in [0.29, 0.717) is 5.41 Å². The summed E-state index contributed by atoms with van der Waals surface area (Å²) >= 11 is 4.94. The molecule has 0 aliphatic carbocycles. The van der Waals surface area contributed by atoms with Crippen molar-refractivity contribution in [3.63, 3.8) is 0 Å². The topological polar surface area (TPSA) is 0 Å². The number of hydrogen-bond acceptors (Lipinski definition) is 0. The van der Waals surface area contributed by atoms with E-state index in [0.717, 1.165) is 6.42 Å². The standard InChI is InChI=1S/C8H17.Ni/c1-7(2)6-8(3,4)5;/h6H2,1-5H3;. The van der Waals surface area contributed by atoms with Crippen molar-refractivity contribution in [2.75, 3.05) is 0 Å². The second kappa shape index (κ2) is 2.62. The van der Waals surface area contributed by atoms with E-state index in [1.54, 1.807) is 0 Å². The molecule has 0 unspecified atom stereocenters. The molecule has 0 heterocycles. The summed E-state index contributed by atoms with van der Waals surface area (Å²) in [7, 11) is 0. The monoisotopic (exact) mass is 171 g/mol. The van der Waals surface area contributed by atoms with E-state index in [1.165, 1.54) is 0 Å². The van der Waals surface area contributed by atoms with Crippen molar-refractivity contribution < 1.29 is 15.5 Å². The molecule has 1 heteroatoms. The summed E-state index contributed by atoms with van der Waals surface area (Å²) in [6, 6.07) is 0. The van der Waals surface area contributed by atoms with E-state index in [2.05, 4.69) is 34.6 Å². The summed E-state index contributed by atoms with van der Waals surface area (Å²) in [6.45, 7) is 10.9. The fourth-order valence-electron chi connectivity index (χ4n) is 1.23. The van der Waals surface area contributed by atoms with Crippen LogP contribution >= 0.6 is 0 Å². The first-order valence-electron chi connectivity index (χ1n) is 3.37. The van der Waals surface area contributed by atoms with Gasteiger partial charge >= 0.3 is 66.3 Å². The van der Waals surface area contributed by atoms with Gasteiger partial charge in [0.15, 0.2) is 0 Å². The maximum atomic E-state index is 4.94. The first kappa shape index (κ1) is 9.49. The van der Waals surface area contributed by atoms with E-state index in [1.807, 2.05) is 0 Å². The molecule has 0 aromatic rings. The third-order valence-corrected chi connectivity index (χ3v) is 1.11. The molecule has 0 bridgehead atoms. The van der Waals surface area contributed by atoms with Crippen LogP contribution in [-0.4, -0.2) is 0 Å². The Balaban J connectivity index is 3.75. The summed E-state index contributed by atoms with van der Waals surface area (Å²) < 4.78 is 0.109. The quantitative estimate of drug-likeness (QED) is 0.532. The summed E-state index contributed by atoms with van der Waals surface area (Å²) in [5.41, 5.74) is 0.391. The Morgan fingerprint density at radius 2 is 1.33 bits per heavy atom. The van der Waals surface area contributed by atoms with Crippen molar-refractivity contribution in [2.24, 2.45) is 5.41 Å². The van der Waals surface area contributed by atoms with Gasteiger partial charge in [-0.15, -0.1) is 0 Å². The Bertz CT molecular complexity index is 69.7. The molecule has 0 atom stereocenters. The van der Waals surface area contributed by atoms with E-state index in [-0.39, 0.29) is 4.38 Å². The van der Waals surface area contributed by atoms with Gasteiger partial charge < -0.3 is 0 Å². The first-order valence-corrected chi connectivity index (χ1v) is 3.86. The predicted molar refractivity (Wildman–Crippen MR) is 38.1 cm³/mol. The molecule has 0 radical (unpaired) electrons. The molecule has 0 fully saturated rings. The SMILES string of the molecule is CC(C)(C)C[C](C)(C)[Ni]. The van der Waals surface area contributed by atoms with Crippen LogP contribution in [0.1, 0.15) is 41.0 Å². The molecule has 0 saturated heterocycles. The van der Waals surface area contributed by atoms with Crippen molar-refractivity contribution in [3.05, 3.63) is 0 Å². The van der Waals surface area contributed by atoms with Crippen LogP contribution in [0.15, 0.2) is 0 Å². The van der Waals surface area contributed by atoms with Crippen LogP contribution in [0, 0.1) is 5.41 Å². The summed E-state index contributed by atoms with van der Waals surface area (Å²) in [6.07, 6.45) is 1.12. The average molecular weight is 172 g/mol. The molecule has 0 aromatic carbocycles. The van der Waals surface area contributed by atoms with Gasteiger partial charge in [-0.05, 0) is 0 Å². The van der Waals surface area contributed by atoms with E-state index in [4.69, 9.17) is 15.5 Å². The Hall–Kier alpha value is 0.494. The minimum atomic E-state index is 0.109. The van der Waals surface area contributed by atoms with Crippen LogP contribution in [0.5, 0.6) is 0 Å². The molecular weight excluding hydrogens is 155 g/mol. The van der Waals surface area contributed by atoms with Crippen LogP contribution in [0.25, 0.3) is 0 Å². The number of hydrogen-bond donors (Lipinski definition) is 0. The predicted octanol–water partition coefficient (Wildman–Crippen LogP) is 3.17. The molecule has 0 spiro atoms. The molecule has 0 N–H and O–H groups in total.